The molecule has 0 radical (unpaired) electrons. The molecule has 2 aromatic heterocycles. The first-order chi connectivity index (χ1) is 26.1. The molecule has 0 spiro atoms. The van der Waals surface area contributed by atoms with E-state index in [0.717, 1.165) is 27.6 Å². The minimum absolute atomic E-state index is 0.0956. The number of aryl methyl sites for hydroxylation is 1. The number of hydrogen-bond donors (Lipinski definition) is 4. The van der Waals surface area contributed by atoms with Gasteiger partial charge in [-0.2, -0.15) is 0 Å². The highest BCUT2D eigenvalue weighted by Gasteiger charge is 2.53. The summed E-state index contributed by atoms with van der Waals surface area (Å²) in [5.74, 6) is -1.81. The molecule has 0 aliphatic carbocycles. The van der Waals surface area contributed by atoms with Crippen LogP contribution in [-0.4, -0.2) is 53.5 Å². The number of rotatable bonds is 14. The number of benzene rings is 4. The van der Waals surface area contributed by atoms with E-state index in [9.17, 15) is 29.9 Å². The fraction of sp³-hybridized carbons (Fsp3) is 0.220. The quantitative estimate of drug-likeness (QED) is 0.0601. The summed E-state index contributed by atoms with van der Waals surface area (Å²) in [5.41, 5.74) is 3.02. The molecular weight excluding hydrogens is 686 g/mol. The van der Waals surface area contributed by atoms with E-state index in [4.69, 9.17) is 0 Å². The van der Waals surface area contributed by atoms with Gasteiger partial charge < -0.3 is 25.4 Å². The molecular formula is C41H39N7O6. The zero-order valence-corrected chi connectivity index (χ0v) is 29.5. The molecule has 274 valence electrons. The van der Waals surface area contributed by atoms with Gasteiger partial charge in [-0.25, -0.2) is 0 Å². The van der Waals surface area contributed by atoms with Crippen molar-refractivity contribution in [1.29, 1.82) is 0 Å². The number of anilines is 2. The molecule has 13 heteroatoms. The topological polar surface area (TPSA) is 180 Å². The lowest BCUT2D eigenvalue weighted by Gasteiger charge is -2.27. The number of nitro benzene ring substituents is 1. The van der Waals surface area contributed by atoms with E-state index in [1.807, 2.05) is 66.9 Å². The van der Waals surface area contributed by atoms with Crippen molar-refractivity contribution < 1.29 is 24.7 Å². The van der Waals surface area contributed by atoms with Gasteiger partial charge in [-0.1, -0.05) is 85.0 Å². The Labute approximate surface area is 310 Å². The molecule has 54 heavy (non-hydrogen) atoms. The molecule has 3 heterocycles. The maximum absolute atomic E-state index is 14.1. The van der Waals surface area contributed by atoms with Gasteiger partial charge in [0.05, 0.1) is 41.8 Å². The number of amides is 2. The third-order valence-corrected chi connectivity index (χ3v) is 9.97. The lowest BCUT2D eigenvalue weighted by Crippen LogP contribution is -2.44. The number of aliphatic hydroxyl groups is 2. The Bertz CT molecular complexity index is 2340. The number of para-hydroxylation sites is 1. The van der Waals surface area contributed by atoms with E-state index in [2.05, 4.69) is 20.6 Å². The van der Waals surface area contributed by atoms with Crippen LogP contribution in [0, 0.1) is 16.0 Å². The first-order valence-electron chi connectivity index (χ1n) is 17.6. The van der Waals surface area contributed by atoms with Crippen LogP contribution in [0.4, 0.5) is 17.1 Å². The van der Waals surface area contributed by atoms with Gasteiger partial charge >= 0.3 is 0 Å². The second-order valence-corrected chi connectivity index (χ2v) is 13.5. The van der Waals surface area contributed by atoms with Crippen LogP contribution in [0.15, 0.2) is 122 Å². The number of nitro groups is 1. The summed E-state index contributed by atoms with van der Waals surface area (Å²) in [6, 6.07) is 28.5. The van der Waals surface area contributed by atoms with Crippen LogP contribution in [-0.2, 0) is 34.7 Å². The van der Waals surface area contributed by atoms with E-state index >= 15 is 0 Å². The molecule has 3 atom stereocenters. The van der Waals surface area contributed by atoms with Crippen molar-refractivity contribution in [3.05, 3.63) is 160 Å². The molecule has 7 rings (SSSR count). The van der Waals surface area contributed by atoms with Gasteiger partial charge in [-0.3, -0.25) is 24.4 Å². The third-order valence-electron chi connectivity index (χ3n) is 9.97. The fourth-order valence-corrected chi connectivity index (χ4v) is 7.02. The molecule has 2 amide bonds. The number of non-ortho nitro benzene ring substituents is 1. The highest BCUT2D eigenvalue weighted by atomic mass is 16.6. The molecule has 0 saturated heterocycles. The van der Waals surface area contributed by atoms with E-state index < -0.39 is 22.3 Å². The maximum Gasteiger partial charge on any atom is 0.269 e. The van der Waals surface area contributed by atoms with Crippen molar-refractivity contribution in [3.63, 3.8) is 0 Å². The van der Waals surface area contributed by atoms with E-state index in [1.54, 1.807) is 48.1 Å². The number of allylic oxidation sites excluding steroid dienone is 1. The van der Waals surface area contributed by atoms with Crippen LogP contribution in [0.2, 0.25) is 0 Å². The zero-order valence-electron chi connectivity index (χ0n) is 29.5. The van der Waals surface area contributed by atoms with Crippen LogP contribution in [0.3, 0.4) is 0 Å². The molecule has 1 unspecified atom stereocenters. The Morgan fingerprint density at radius 2 is 1.81 bits per heavy atom. The SMILES string of the molecule is C[C@@H](/C=C/CCn1cc(C(CO)c2ccccc2)nn1)[C@]1(O)C(=O)N(Cc2ccc(NC(=O)Cc3c[nH]c4ccccc34)cc2)c2ccc([N+](=O)[O-])cc21. The summed E-state index contributed by atoms with van der Waals surface area (Å²) in [7, 11) is 0. The molecule has 13 nitrogen and oxygen atoms in total. The van der Waals surface area contributed by atoms with Crippen LogP contribution in [0.25, 0.3) is 10.9 Å². The van der Waals surface area contributed by atoms with Crippen molar-refractivity contribution in [2.45, 2.75) is 44.4 Å². The average molecular weight is 726 g/mol. The number of carbonyl (C=O) groups is 2. The van der Waals surface area contributed by atoms with Gasteiger partial charge in [0, 0.05) is 59.1 Å². The second-order valence-electron chi connectivity index (χ2n) is 13.5. The van der Waals surface area contributed by atoms with Crippen LogP contribution >= 0.6 is 0 Å². The Morgan fingerprint density at radius 3 is 2.57 bits per heavy atom. The molecule has 4 N–H and O–H groups in total. The van der Waals surface area contributed by atoms with Crippen LogP contribution in [0.5, 0.6) is 0 Å². The van der Waals surface area contributed by atoms with Crippen molar-refractivity contribution in [2.75, 3.05) is 16.8 Å². The molecule has 4 aromatic carbocycles. The normalized spacial score (nSPS) is 16.5. The molecule has 1 aliphatic rings. The Balaban J connectivity index is 1.02. The monoisotopic (exact) mass is 725 g/mol. The summed E-state index contributed by atoms with van der Waals surface area (Å²) in [5, 5.41) is 46.2. The van der Waals surface area contributed by atoms with E-state index in [0.29, 0.717) is 30.0 Å². The fourth-order valence-electron chi connectivity index (χ4n) is 7.02. The van der Waals surface area contributed by atoms with Crippen LogP contribution < -0.4 is 10.2 Å². The van der Waals surface area contributed by atoms with Crippen molar-refractivity contribution in [2.24, 2.45) is 5.92 Å². The van der Waals surface area contributed by atoms with Gasteiger partial charge in [-0.15, -0.1) is 5.10 Å². The summed E-state index contributed by atoms with van der Waals surface area (Å²) >= 11 is 0. The molecule has 0 fully saturated rings. The largest absolute Gasteiger partial charge is 0.395 e. The number of aliphatic hydroxyl groups excluding tert-OH is 1. The predicted molar refractivity (Wildman–Crippen MR) is 204 cm³/mol. The average Bonchev–Trinajstić information content (AvgIpc) is 3.88. The predicted octanol–water partition coefficient (Wildman–Crippen LogP) is 5.99. The highest BCUT2D eigenvalue weighted by Crippen LogP contribution is 2.47. The number of nitrogens with zero attached hydrogens (tertiary/aromatic N) is 5. The van der Waals surface area contributed by atoms with Crippen molar-refractivity contribution >= 4 is 39.8 Å². The number of hydrogen-bond acceptors (Lipinski definition) is 8. The number of nitrogens with one attached hydrogen (secondary N) is 2. The summed E-state index contributed by atoms with van der Waals surface area (Å²) < 4.78 is 1.67. The number of aromatic amines is 1. The van der Waals surface area contributed by atoms with Crippen molar-refractivity contribution in [1.82, 2.24) is 20.0 Å². The van der Waals surface area contributed by atoms with Gasteiger partial charge in [0.15, 0.2) is 5.60 Å². The standard InChI is InChI=1S/C41H39N7O6/c1-27(9-7-8-20-46-25-37(44-45-46)34(26-49)29-10-3-2-4-11-29)41(52)35-22-32(48(53)54)18-19-38(35)47(40(41)51)24-28-14-16-31(17-15-28)43-39(50)21-30-23-42-36-13-6-5-12-33(30)36/h2-7,9-19,22-23,25,27,34,42,49,52H,8,20-21,24,26H2,1H3,(H,43,50)/b9-7+/t27-,34?,41+/m0/s1. The molecule has 6 aromatic rings. The number of aromatic nitrogens is 4. The van der Waals surface area contributed by atoms with Gasteiger partial charge in [0.25, 0.3) is 11.6 Å². The summed E-state index contributed by atoms with van der Waals surface area (Å²) in [6.45, 7) is 2.15. The molecule has 0 bridgehead atoms. The number of carbonyl (C=O) groups excluding carboxylic acids is 2. The van der Waals surface area contributed by atoms with Crippen LogP contribution in [0.1, 0.15) is 47.2 Å². The van der Waals surface area contributed by atoms with Gasteiger partial charge in [0.2, 0.25) is 5.91 Å². The zero-order chi connectivity index (χ0) is 37.8. The smallest absolute Gasteiger partial charge is 0.269 e. The number of fused-ring (bicyclic) bond motifs is 2. The van der Waals surface area contributed by atoms with Gasteiger partial charge in [-0.05, 0) is 47.4 Å². The lowest BCUT2D eigenvalue weighted by molar-refractivity contribution is -0.385. The highest BCUT2D eigenvalue weighted by molar-refractivity contribution is 6.07. The molecule has 1 aliphatic heterocycles. The first kappa shape index (κ1) is 35.9. The summed E-state index contributed by atoms with van der Waals surface area (Å²) in [4.78, 5) is 42.8. The Morgan fingerprint density at radius 1 is 1.06 bits per heavy atom. The van der Waals surface area contributed by atoms with Gasteiger partial charge in [0.1, 0.15) is 0 Å². The lowest BCUT2D eigenvalue weighted by atomic mass is 9.82. The Hall–Kier alpha value is -6.44. The van der Waals surface area contributed by atoms with E-state index in [1.165, 1.54) is 23.1 Å². The third kappa shape index (κ3) is 7.14. The number of H-pyrrole nitrogens is 1. The van der Waals surface area contributed by atoms with E-state index in [-0.39, 0.29) is 42.6 Å². The Kier molecular flexibility index (Phi) is 10.2. The molecule has 0 saturated carbocycles. The first-order valence-corrected chi connectivity index (χ1v) is 17.6. The van der Waals surface area contributed by atoms with Crippen molar-refractivity contribution in [3.8, 4) is 0 Å². The summed E-state index contributed by atoms with van der Waals surface area (Å²) in [6.07, 6.45) is 7.89. The second kappa shape index (κ2) is 15.3. The minimum Gasteiger partial charge on any atom is -0.395 e. The minimum atomic E-state index is -2.06. The maximum atomic E-state index is 14.1.